The molecule has 1 N–H and O–H groups in total. The summed E-state index contributed by atoms with van der Waals surface area (Å²) in [5.74, 6) is 0. The molecule has 1 unspecified atom stereocenters. The minimum Gasteiger partial charge on any atom is -0.306 e. The molecule has 0 aliphatic heterocycles. The van der Waals surface area contributed by atoms with E-state index in [4.69, 9.17) is 0 Å². The van der Waals surface area contributed by atoms with Gasteiger partial charge in [-0.1, -0.05) is 43.3 Å². The number of hydrogen-bond donors (Lipinski definition) is 1. The minimum atomic E-state index is 0.274. The summed E-state index contributed by atoms with van der Waals surface area (Å²) in [5.41, 5.74) is 6.80. The Balaban J connectivity index is 2.47. The number of halogens is 1. The topological polar surface area (TPSA) is 12.0 Å². The van der Waals surface area contributed by atoms with Crippen molar-refractivity contribution in [2.45, 2.75) is 40.2 Å². The summed E-state index contributed by atoms with van der Waals surface area (Å²) in [4.78, 5) is 0. The maximum Gasteiger partial charge on any atom is 0.0587 e. The molecule has 0 fully saturated rings. The molecule has 112 valence electrons. The largest absolute Gasteiger partial charge is 0.306 e. The molecular weight excluding hydrogens is 369 g/mol. The third-order valence-electron chi connectivity index (χ3n) is 4.00. The van der Waals surface area contributed by atoms with E-state index in [1.165, 1.54) is 31.4 Å². The van der Waals surface area contributed by atoms with E-state index < -0.39 is 0 Å². The van der Waals surface area contributed by atoms with Crippen molar-refractivity contribution < 1.29 is 0 Å². The molecule has 2 aromatic rings. The molecule has 21 heavy (non-hydrogen) atoms. The first-order valence-electron chi connectivity index (χ1n) is 7.60. The number of benzene rings is 2. The van der Waals surface area contributed by atoms with Crippen LogP contribution in [-0.2, 0) is 0 Å². The van der Waals surface area contributed by atoms with Gasteiger partial charge in [-0.2, -0.15) is 0 Å². The Bertz CT molecular complexity index is 619. The highest BCUT2D eigenvalue weighted by atomic mass is 127. The highest BCUT2D eigenvalue weighted by molar-refractivity contribution is 14.1. The van der Waals surface area contributed by atoms with Gasteiger partial charge in [0.05, 0.1) is 6.04 Å². The summed E-state index contributed by atoms with van der Waals surface area (Å²) in [6.07, 6.45) is 1.14. The van der Waals surface area contributed by atoms with Gasteiger partial charge >= 0.3 is 0 Å². The van der Waals surface area contributed by atoms with Crippen molar-refractivity contribution in [2.75, 3.05) is 6.54 Å². The van der Waals surface area contributed by atoms with E-state index in [2.05, 4.69) is 92.0 Å². The molecule has 2 heteroatoms. The Morgan fingerprint density at radius 2 is 1.76 bits per heavy atom. The standard InChI is InChI=1S/C19H24IN/c1-5-11-21-19(16-10-9-13(2)15(4)12-16)17-8-6-7-14(3)18(17)20/h6-10,12,19,21H,5,11H2,1-4H3. The maximum atomic E-state index is 3.71. The predicted molar refractivity (Wildman–Crippen MR) is 99.9 cm³/mol. The molecule has 2 rings (SSSR count). The van der Waals surface area contributed by atoms with Crippen LogP contribution in [0.3, 0.4) is 0 Å². The molecule has 0 saturated carbocycles. The van der Waals surface area contributed by atoms with Crippen LogP contribution in [0.4, 0.5) is 0 Å². The van der Waals surface area contributed by atoms with Gasteiger partial charge in [-0.15, -0.1) is 0 Å². The van der Waals surface area contributed by atoms with Gasteiger partial charge in [-0.05, 0) is 84.1 Å². The highest BCUT2D eigenvalue weighted by Crippen LogP contribution is 2.29. The van der Waals surface area contributed by atoms with Gasteiger partial charge in [0.1, 0.15) is 0 Å². The molecule has 1 nitrogen and oxygen atoms in total. The quantitative estimate of drug-likeness (QED) is 0.680. The lowest BCUT2D eigenvalue weighted by Crippen LogP contribution is -2.24. The van der Waals surface area contributed by atoms with Gasteiger partial charge in [-0.25, -0.2) is 0 Å². The minimum absolute atomic E-state index is 0.274. The predicted octanol–water partition coefficient (Wildman–Crippen LogP) is 5.31. The molecule has 2 aromatic carbocycles. The van der Waals surface area contributed by atoms with Crippen molar-refractivity contribution in [1.82, 2.24) is 5.32 Å². The average Bonchev–Trinajstić information content (AvgIpc) is 2.47. The van der Waals surface area contributed by atoms with Crippen LogP contribution in [0, 0.1) is 24.3 Å². The van der Waals surface area contributed by atoms with Gasteiger partial charge < -0.3 is 5.32 Å². The SMILES string of the molecule is CCCNC(c1ccc(C)c(C)c1)c1cccc(C)c1I. The fraction of sp³-hybridized carbons (Fsp3) is 0.368. The third-order valence-corrected chi connectivity index (χ3v) is 5.47. The fourth-order valence-electron chi connectivity index (χ4n) is 2.53. The maximum absolute atomic E-state index is 3.71. The van der Waals surface area contributed by atoms with E-state index in [1.807, 2.05) is 0 Å². The molecular formula is C19H24IN. The number of hydrogen-bond acceptors (Lipinski definition) is 1. The van der Waals surface area contributed by atoms with Crippen LogP contribution in [-0.4, -0.2) is 6.54 Å². The summed E-state index contributed by atoms with van der Waals surface area (Å²) < 4.78 is 1.36. The Kier molecular flexibility index (Phi) is 5.82. The number of rotatable bonds is 5. The first-order chi connectivity index (χ1) is 10.0. The van der Waals surface area contributed by atoms with E-state index in [9.17, 15) is 0 Å². The normalized spacial score (nSPS) is 12.4. The van der Waals surface area contributed by atoms with Gasteiger partial charge in [0.25, 0.3) is 0 Å². The molecule has 0 radical (unpaired) electrons. The van der Waals surface area contributed by atoms with Crippen molar-refractivity contribution in [3.05, 3.63) is 67.8 Å². The molecule has 0 spiro atoms. The third kappa shape index (κ3) is 3.86. The Morgan fingerprint density at radius 3 is 2.43 bits per heavy atom. The summed E-state index contributed by atoms with van der Waals surface area (Å²) in [5, 5.41) is 3.71. The van der Waals surface area contributed by atoms with Gasteiger partial charge in [0.2, 0.25) is 0 Å². The van der Waals surface area contributed by atoms with Gasteiger partial charge in [-0.3, -0.25) is 0 Å². The molecule has 0 heterocycles. The molecule has 0 aliphatic carbocycles. The summed E-state index contributed by atoms with van der Waals surface area (Å²) in [6, 6.07) is 13.7. The van der Waals surface area contributed by atoms with Crippen molar-refractivity contribution >= 4 is 22.6 Å². The zero-order valence-corrected chi connectivity index (χ0v) is 15.5. The zero-order chi connectivity index (χ0) is 15.4. The van der Waals surface area contributed by atoms with Crippen molar-refractivity contribution in [1.29, 1.82) is 0 Å². The lowest BCUT2D eigenvalue weighted by Gasteiger charge is -2.22. The van der Waals surface area contributed by atoms with Crippen LogP contribution in [0.5, 0.6) is 0 Å². The van der Waals surface area contributed by atoms with Gasteiger partial charge in [0.15, 0.2) is 0 Å². The number of nitrogens with one attached hydrogen (secondary N) is 1. The second kappa shape index (κ2) is 7.41. The molecule has 0 bridgehead atoms. The second-order valence-corrected chi connectivity index (χ2v) is 6.79. The second-order valence-electron chi connectivity index (χ2n) is 5.71. The monoisotopic (exact) mass is 393 g/mol. The fourth-order valence-corrected chi connectivity index (χ4v) is 3.20. The summed E-state index contributed by atoms with van der Waals surface area (Å²) >= 11 is 2.47. The van der Waals surface area contributed by atoms with Gasteiger partial charge in [0, 0.05) is 3.57 Å². The van der Waals surface area contributed by atoms with E-state index in [1.54, 1.807) is 0 Å². The first-order valence-corrected chi connectivity index (χ1v) is 8.68. The first kappa shape index (κ1) is 16.5. The lowest BCUT2D eigenvalue weighted by molar-refractivity contribution is 0.596. The molecule has 0 saturated heterocycles. The molecule has 1 atom stereocenters. The van der Waals surface area contributed by atoms with Crippen LogP contribution >= 0.6 is 22.6 Å². The lowest BCUT2D eigenvalue weighted by atomic mass is 9.94. The van der Waals surface area contributed by atoms with Crippen LogP contribution in [0.25, 0.3) is 0 Å². The highest BCUT2D eigenvalue weighted by Gasteiger charge is 2.17. The Hall–Kier alpha value is -0.870. The summed E-state index contributed by atoms with van der Waals surface area (Å²) in [6.45, 7) is 9.79. The van der Waals surface area contributed by atoms with E-state index in [0.29, 0.717) is 0 Å². The van der Waals surface area contributed by atoms with Crippen LogP contribution in [0.1, 0.15) is 47.2 Å². The van der Waals surface area contributed by atoms with Crippen molar-refractivity contribution in [3.63, 3.8) is 0 Å². The Morgan fingerprint density at radius 1 is 1.00 bits per heavy atom. The molecule has 0 aliphatic rings. The van der Waals surface area contributed by atoms with Crippen LogP contribution in [0.15, 0.2) is 36.4 Å². The number of aryl methyl sites for hydroxylation is 3. The average molecular weight is 393 g/mol. The van der Waals surface area contributed by atoms with Crippen molar-refractivity contribution in [2.24, 2.45) is 0 Å². The smallest absolute Gasteiger partial charge is 0.0587 e. The molecule has 0 amide bonds. The molecule has 0 aromatic heterocycles. The van der Waals surface area contributed by atoms with Crippen LogP contribution in [0.2, 0.25) is 0 Å². The van der Waals surface area contributed by atoms with Crippen LogP contribution < -0.4 is 5.32 Å². The van der Waals surface area contributed by atoms with E-state index in [0.717, 1.165) is 13.0 Å². The van der Waals surface area contributed by atoms with Crippen molar-refractivity contribution in [3.8, 4) is 0 Å². The van der Waals surface area contributed by atoms with E-state index in [-0.39, 0.29) is 6.04 Å². The summed E-state index contributed by atoms with van der Waals surface area (Å²) in [7, 11) is 0. The Labute approximate surface area is 142 Å². The zero-order valence-electron chi connectivity index (χ0n) is 13.3. The van der Waals surface area contributed by atoms with E-state index >= 15 is 0 Å².